The van der Waals surface area contributed by atoms with Crippen molar-refractivity contribution in [2.24, 2.45) is 0 Å². The van der Waals surface area contributed by atoms with E-state index in [1.54, 1.807) is 0 Å². The van der Waals surface area contributed by atoms with Gasteiger partial charge in [-0.25, -0.2) is 0 Å². The molecule has 1 amide bonds. The van der Waals surface area contributed by atoms with Crippen molar-refractivity contribution < 1.29 is 4.79 Å². The maximum absolute atomic E-state index is 12.1. The molecule has 2 nitrogen and oxygen atoms in total. The van der Waals surface area contributed by atoms with Crippen LogP contribution >= 0.6 is 27.5 Å². The molecule has 1 heterocycles. The van der Waals surface area contributed by atoms with Crippen LogP contribution in [0.4, 0.5) is 0 Å². The first kappa shape index (κ1) is 13.7. The van der Waals surface area contributed by atoms with Gasteiger partial charge in [0.25, 0.3) is 0 Å². The summed E-state index contributed by atoms with van der Waals surface area (Å²) in [5.41, 5.74) is 1.55. The molecule has 1 aliphatic rings. The zero-order valence-electron chi connectivity index (χ0n) is 10.9. The van der Waals surface area contributed by atoms with Gasteiger partial charge in [-0.3, -0.25) is 4.79 Å². The highest BCUT2D eigenvalue weighted by Gasteiger charge is 2.52. The van der Waals surface area contributed by atoms with E-state index in [0.29, 0.717) is 5.02 Å². The number of amides is 1. The number of hydrogen-bond donors (Lipinski definition) is 1. The molecule has 0 radical (unpaired) electrons. The van der Waals surface area contributed by atoms with E-state index >= 15 is 0 Å². The van der Waals surface area contributed by atoms with Gasteiger partial charge in [0, 0.05) is 9.50 Å². The highest BCUT2D eigenvalue weighted by atomic mass is 79.9. The molecular weight excluding hydrogens is 338 g/mol. The lowest BCUT2D eigenvalue weighted by molar-refractivity contribution is -0.137. The van der Waals surface area contributed by atoms with E-state index in [9.17, 15) is 4.79 Å². The standard InChI is InChI=1S/C16H13BrClNO/c1-16(11-4-6-12(17)7-5-11)14(19-15(16)20)10-2-8-13(18)9-3-10/h2-9,14H,1H3,(H,19,20). The van der Waals surface area contributed by atoms with Crippen molar-refractivity contribution in [3.8, 4) is 0 Å². The number of carbonyl (C=O) groups excluding carboxylic acids is 1. The summed E-state index contributed by atoms with van der Waals surface area (Å²) < 4.78 is 1.01. The minimum absolute atomic E-state index is 0.0200. The lowest BCUT2D eigenvalue weighted by Gasteiger charge is -2.47. The molecule has 1 fully saturated rings. The van der Waals surface area contributed by atoms with Gasteiger partial charge in [-0.05, 0) is 42.3 Å². The molecule has 2 atom stereocenters. The van der Waals surface area contributed by atoms with Crippen LogP contribution in [0.1, 0.15) is 24.1 Å². The second-order valence-electron chi connectivity index (χ2n) is 5.17. The number of nitrogens with one attached hydrogen (secondary N) is 1. The summed E-state index contributed by atoms with van der Waals surface area (Å²) in [5, 5.41) is 3.69. The fourth-order valence-electron chi connectivity index (χ4n) is 2.64. The first-order valence-electron chi connectivity index (χ1n) is 6.34. The summed E-state index contributed by atoms with van der Waals surface area (Å²) >= 11 is 9.34. The second-order valence-corrected chi connectivity index (χ2v) is 6.52. The quantitative estimate of drug-likeness (QED) is 0.807. The maximum atomic E-state index is 12.1. The summed E-state index contributed by atoms with van der Waals surface area (Å²) in [5.74, 6) is 0.0553. The van der Waals surface area contributed by atoms with Crippen LogP contribution in [0.2, 0.25) is 5.02 Å². The normalized spacial score (nSPS) is 24.9. The van der Waals surface area contributed by atoms with Crippen molar-refractivity contribution in [1.29, 1.82) is 0 Å². The number of benzene rings is 2. The Kier molecular flexibility index (Phi) is 3.35. The van der Waals surface area contributed by atoms with Crippen molar-refractivity contribution >= 4 is 33.4 Å². The number of hydrogen-bond acceptors (Lipinski definition) is 1. The molecule has 0 bridgehead atoms. The van der Waals surface area contributed by atoms with E-state index in [1.165, 1.54) is 0 Å². The second kappa shape index (κ2) is 4.90. The molecule has 1 saturated heterocycles. The number of β-lactam (4-membered cyclic amide) rings is 1. The van der Waals surface area contributed by atoms with Crippen molar-refractivity contribution in [3.63, 3.8) is 0 Å². The first-order valence-corrected chi connectivity index (χ1v) is 7.51. The minimum atomic E-state index is -0.533. The van der Waals surface area contributed by atoms with Crippen LogP contribution in [0.25, 0.3) is 0 Å². The highest BCUT2D eigenvalue weighted by Crippen LogP contribution is 2.44. The Hall–Kier alpha value is -1.32. The van der Waals surface area contributed by atoms with Crippen LogP contribution in [0.15, 0.2) is 53.0 Å². The van der Waals surface area contributed by atoms with Crippen molar-refractivity contribution in [2.45, 2.75) is 18.4 Å². The van der Waals surface area contributed by atoms with Gasteiger partial charge in [0.05, 0.1) is 11.5 Å². The van der Waals surface area contributed by atoms with Gasteiger partial charge in [-0.1, -0.05) is 51.8 Å². The smallest absolute Gasteiger partial charge is 0.233 e. The third-order valence-corrected chi connectivity index (χ3v) is 4.75. The maximum Gasteiger partial charge on any atom is 0.233 e. The largest absolute Gasteiger partial charge is 0.347 e. The molecule has 1 aliphatic heterocycles. The molecule has 2 aromatic carbocycles. The summed E-state index contributed by atoms with van der Waals surface area (Å²) in [6.07, 6.45) is 0. The molecule has 0 aromatic heterocycles. The van der Waals surface area contributed by atoms with Crippen LogP contribution < -0.4 is 5.32 Å². The first-order chi connectivity index (χ1) is 9.51. The molecule has 0 spiro atoms. The van der Waals surface area contributed by atoms with Crippen LogP contribution in [0.5, 0.6) is 0 Å². The van der Waals surface area contributed by atoms with Gasteiger partial charge in [0.1, 0.15) is 0 Å². The third-order valence-electron chi connectivity index (χ3n) is 3.97. The zero-order valence-corrected chi connectivity index (χ0v) is 13.2. The van der Waals surface area contributed by atoms with E-state index in [-0.39, 0.29) is 11.9 Å². The SMILES string of the molecule is CC1(c2ccc(Br)cc2)C(=O)NC1c1ccc(Cl)cc1. The minimum Gasteiger partial charge on any atom is -0.347 e. The van der Waals surface area contributed by atoms with Crippen LogP contribution in [0.3, 0.4) is 0 Å². The van der Waals surface area contributed by atoms with Crippen LogP contribution in [-0.4, -0.2) is 5.91 Å². The zero-order chi connectivity index (χ0) is 14.3. The topological polar surface area (TPSA) is 29.1 Å². The third kappa shape index (κ3) is 2.05. The fraction of sp³-hybridized carbons (Fsp3) is 0.188. The Bertz CT molecular complexity index is 653. The van der Waals surface area contributed by atoms with Gasteiger partial charge < -0.3 is 5.32 Å². The Labute approximate surface area is 131 Å². The Morgan fingerprint density at radius 3 is 2.25 bits per heavy atom. The van der Waals surface area contributed by atoms with Gasteiger partial charge in [0.2, 0.25) is 5.91 Å². The lowest BCUT2D eigenvalue weighted by Crippen LogP contribution is -2.62. The molecule has 102 valence electrons. The number of halogens is 2. The molecule has 1 N–H and O–H groups in total. The number of carbonyl (C=O) groups is 1. The summed E-state index contributed by atoms with van der Waals surface area (Å²) in [6.45, 7) is 1.98. The average molecular weight is 351 g/mol. The van der Waals surface area contributed by atoms with Crippen molar-refractivity contribution in [3.05, 3.63) is 69.2 Å². The molecule has 2 aromatic rings. The van der Waals surface area contributed by atoms with Crippen LogP contribution in [-0.2, 0) is 10.2 Å². The van der Waals surface area contributed by atoms with E-state index < -0.39 is 5.41 Å². The van der Waals surface area contributed by atoms with E-state index in [4.69, 9.17) is 11.6 Å². The molecule has 4 heteroatoms. The Morgan fingerprint density at radius 2 is 1.70 bits per heavy atom. The molecule has 3 rings (SSSR count). The Balaban J connectivity index is 1.99. The fourth-order valence-corrected chi connectivity index (χ4v) is 3.03. The van der Waals surface area contributed by atoms with Crippen LogP contribution in [0, 0.1) is 0 Å². The summed E-state index contributed by atoms with van der Waals surface area (Å²) in [7, 11) is 0. The predicted octanol–water partition coefficient (Wildman–Crippen LogP) is 4.23. The molecular formula is C16H13BrClNO. The van der Waals surface area contributed by atoms with Gasteiger partial charge in [-0.15, -0.1) is 0 Å². The van der Waals surface area contributed by atoms with Crippen molar-refractivity contribution in [1.82, 2.24) is 5.32 Å². The lowest BCUT2D eigenvalue weighted by atomic mass is 9.67. The van der Waals surface area contributed by atoms with Gasteiger partial charge in [-0.2, -0.15) is 0 Å². The summed E-state index contributed by atoms with van der Waals surface area (Å²) in [6, 6.07) is 15.5. The Morgan fingerprint density at radius 1 is 1.10 bits per heavy atom. The summed E-state index contributed by atoms with van der Waals surface area (Å²) in [4.78, 5) is 12.1. The highest BCUT2D eigenvalue weighted by molar-refractivity contribution is 9.10. The molecule has 0 saturated carbocycles. The van der Waals surface area contributed by atoms with E-state index in [1.807, 2.05) is 55.5 Å². The molecule has 0 aliphatic carbocycles. The average Bonchev–Trinajstić information content (AvgIpc) is 2.46. The number of rotatable bonds is 2. The van der Waals surface area contributed by atoms with E-state index in [0.717, 1.165) is 15.6 Å². The van der Waals surface area contributed by atoms with Gasteiger partial charge in [0.15, 0.2) is 0 Å². The molecule has 2 unspecified atom stereocenters. The monoisotopic (exact) mass is 349 g/mol. The van der Waals surface area contributed by atoms with E-state index in [2.05, 4.69) is 21.2 Å². The van der Waals surface area contributed by atoms with Gasteiger partial charge >= 0.3 is 0 Å². The predicted molar refractivity (Wildman–Crippen MR) is 83.8 cm³/mol. The van der Waals surface area contributed by atoms with Crippen molar-refractivity contribution in [2.75, 3.05) is 0 Å². The molecule has 20 heavy (non-hydrogen) atoms.